The molecule has 1 fully saturated rings. The summed E-state index contributed by atoms with van der Waals surface area (Å²) in [6.07, 6.45) is 6.72. The molecule has 0 bridgehead atoms. The third-order valence-corrected chi connectivity index (χ3v) is 4.34. The zero-order valence-electron chi connectivity index (χ0n) is 12.6. The molecule has 1 saturated carbocycles. The van der Waals surface area contributed by atoms with Crippen LogP contribution in [0.4, 0.5) is 0 Å². The van der Waals surface area contributed by atoms with Crippen molar-refractivity contribution in [3.05, 3.63) is 0 Å². The molecule has 0 aliphatic heterocycles. The van der Waals surface area contributed by atoms with Gasteiger partial charge in [-0.05, 0) is 50.0 Å². The summed E-state index contributed by atoms with van der Waals surface area (Å²) in [7, 11) is 0. The van der Waals surface area contributed by atoms with Crippen molar-refractivity contribution in [1.29, 1.82) is 0 Å². The number of rotatable bonds is 6. The van der Waals surface area contributed by atoms with Crippen molar-refractivity contribution in [1.82, 2.24) is 0 Å². The summed E-state index contributed by atoms with van der Waals surface area (Å²) < 4.78 is 0. The Labute approximate surface area is 127 Å². The average Bonchev–Trinajstić information content (AvgIpc) is 3.09. The van der Waals surface area contributed by atoms with Gasteiger partial charge in [0, 0.05) is 19.4 Å². The normalized spacial score (nSPS) is 27.7. The average molecular weight is 296 g/mol. The molecule has 3 unspecified atom stereocenters. The Kier molecular flexibility index (Phi) is 8.36. The molecule has 2 aliphatic carbocycles. The molecule has 0 amide bonds. The van der Waals surface area contributed by atoms with Crippen molar-refractivity contribution in [3.8, 4) is 11.8 Å². The van der Waals surface area contributed by atoms with Crippen LogP contribution in [0.15, 0.2) is 0 Å². The summed E-state index contributed by atoms with van der Waals surface area (Å²) in [4.78, 5) is 10.1. The summed E-state index contributed by atoms with van der Waals surface area (Å²) in [5.41, 5.74) is 10.4. The standard InChI is InChI=1S/C10H14O.C6H14N2O2/c11-7-10-8-5-3-1-2-4-6-9(8)10;7-4-2-1-3-5(8)6(9)10/h8-11H,3-7H2;5H,1-4,7-8H2,(H,9,10). The van der Waals surface area contributed by atoms with E-state index in [1.54, 1.807) is 0 Å². The van der Waals surface area contributed by atoms with Crippen LogP contribution in [0, 0.1) is 29.6 Å². The van der Waals surface area contributed by atoms with Crippen LogP contribution in [-0.4, -0.2) is 35.4 Å². The van der Waals surface area contributed by atoms with Gasteiger partial charge < -0.3 is 21.7 Å². The third-order valence-electron chi connectivity index (χ3n) is 4.34. The second kappa shape index (κ2) is 9.78. The molecule has 0 aromatic rings. The minimum atomic E-state index is -0.933. The van der Waals surface area contributed by atoms with Gasteiger partial charge in [-0.1, -0.05) is 6.42 Å². The number of nitrogens with two attached hydrogens (primary N) is 2. The maximum atomic E-state index is 10.1. The molecule has 0 heterocycles. The largest absolute Gasteiger partial charge is 0.480 e. The van der Waals surface area contributed by atoms with E-state index in [0.29, 0.717) is 25.5 Å². The summed E-state index contributed by atoms with van der Waals surface area (Å²) in [6.45, 7) is 1.00. The van der Waals surface area contributed by atoms with Gasteiger partial charge in [-0.25, -0.2) is 0 Å². The first-order valence-corrected chi connectivity index (χ1v) is 7.86. The molecule has 3 atom stereocenters. The number of fused-ring (bicyclic) bond motifs is 1. The molecule has 5 heteroatoms. The van der Waals surface area contributed by atoms with Crippen molar-refractivity contribution < 1.29 is 15.0 Å². The molecular formula is C16H28N2O3. The lowest BCUT2D eigenvalue weighted by atomic mass is 10.1. The highest BCUT2D eigenvalue weighted by atomic mass is 16.4. The smallest absolute Gasteiger partial charge is 0.320 e. The minimum absolute atomic E-state index is 0.398. The van der Waals surface area contributed by atoms with Crippen LogP contribution < -0.4 is 11.5 Å². The summed E-state index contributed by atoms with van der Waals surface area (Å²) >= 11 is 0. The first kappa shape index (κ1) is 18.0. The molecule has 5 nitrogen and oxygen atoms in total. The molecule has 0 aromatic carbocycles. The second-order valence-corrected chi connectivity index (χ2v) is 5.83. The van der Waals surface area contributed by atoms with Gasteiger partial charge >= 0.3 is 5.97 Å². The van der Waals surface area contributed by atoms with E-state index in [0.717, 1.165) is 37.5 Å². The van der Waals surface area contributed by atoms with E-state index in [1.165, 1.54) is 12.8 Å². The zero-order chi connectivity index (χ0) is 15.7. The molecule has 0 spiro atoms. The molecule has 21 heavy (non-hydrogen) atoms. The van der Waals surface area contributed by atoms with E-state index in [2.05, 4.69) is 11.8 Å². The number of aliphatic hydroxyl groups excluding tert-OH is 1. The van der Waals surface area contributed by atoms with Crippen molar-refractivity contribution >= 4 is 5.97 Å². The van der Waals surface area contributed by atoms with E-state index in [-0.39, 0.29) is 0 Å². The fraction of sp³-hybridized carbons (Fsp3) is 0.812. The number of hydrogen-bond donors (Lipinski definition) is 4. The van der Waals surface area contributed by atoms with E-state index in [4.69, 9.17) is 21.7 Å². The minimum Gasteiger partial charge on any atom is -0.480 e. The lowest BCUT2D eigenvalue weighted by Crippen LogP contribution is -2.29. The summed E-state index contributed by atoms with van der Waals surface area (Å²) in [5.74, 6) is 7.63. The number of carbonyl (C=O) groups is 1. The molecule has 0 saturated heterocycles. The van der Waals surface area contributed by atoms with Crippen molar-refractivity contribution in [2.45, 2.75) is 51.0 Å². The van der Waals surface area contributed by atoms with E-state index in [1.807, 2.05) is 0 Å². The Bertz CT molecular complexity index is 357. The van der Waals surface area contributed by atoms with Crippen LogP contribution >= 0.6 is 0 Å². The van der Waals surface area contributed by atoms with Gasteiger partial charge in [0.2, 0.25) is 0 Å². The number of carboxylic acid groups (broad SMARTS) is 1. The highest BCUT2D eigenvalue weighted by Crippen LogP contribution is 2.51. The SMILES string of the molecule is NCCCCC(N)C(=O)O.OCC1C2CCC#CCCC12. The van der Waals surface area contributed by atoms with E-state index < -0.39 is 12.0 Å². The Morgan fingerprint density at radius 2 is 1.76 bits per heavy atom. The van der Waals surface area contributed by atoms with E-state index >= 15 is 0 Å². The maximum absolute atomic E-state index is 10.1. The van der Waals surface area contributed by atoms with Gasteiger partial charge in [-0.2, -0.15) is 0 Å². The van der Waals surface area contributed by atoms with Gasteiger partial charge in [0.1, 0.15) is 6.04 Å². The monoisotopic (exact) mass is 296 g/mol. The van der Waals surface area contributed by atoms with E-state index in [9.17, 15) is 4.79 Å². The molecule has 6 N–H and O–H groups in total. The Morgan fingerprint density at radius 1 is 1.19 bits per heavy atom. The topological polar surface area (TPSA) is 110 Å². The molecule has 0 radical (unpaired) electrons. The summed E-state index contributed by atoms with van der Waals surface area (Å²) in [6, 6.07) is -0.716. The molecular weight excluding hydrogens is 268 g/mol. The predicted molar refractivity (Wildman–Crippen MR) is 82.3 cm³/mol. The van der Waals surface area contributed by atoms with Crippen molar-refractivity contribution in [2.75, 3.05) is 13.2 Å². The quantitative estimate of drug-likeness (QED) is 0.431. The number of hydrogen-bond acceptors (Lipinski definition) is 4. The van der Waals surface area contributed by atoms with Crippen LogP contribution in [0.25, 0.3) is 0 Å². The number of unbranched alkanes of at least 4 members (excludes halogenated alkanes) is 1. The van der Waals surface area contributed by atoms with Gasteiger partial charge in [-0.3, -0.25) is 4.79 Å². The summed E-state index contributed by atoms with van der Waals surface area (Å²) in [5, 5.41) is 17.3. The Balaban J connectivity index is 0.000000212. The lowest BCUT2D eigenvalue weighted by Gasteiger charge is -2.03. The molecule has 2 aliphatic rings. The zero-order valence-corrected chi connectivity index (χ0v) is 12.6. The highest BCUT2D eigenvalue weighted by Gasteiger charge is 2.47. The highest BCUT2D eigenvalue weighted by molar-refractivity contribution is 5.72. The number of aliphatic carboxylic acids is 1. The van der Waals surface area contributed by atoms with Crippen molar-refractivity contribution in [2.24, 2.45) is 29.2 Å². The molecule has 120 valence electrons. The number of aliphatic hydroxyl groups is 1. The Morgan fingerprint density at radius 3 is 2.19 bits per heavy atom. The van der Waals surface area contributed by atoms with Crippen molar-refractivity contribution in [3.63, 3.8) is 0 Å². The van der Waals surface area contributed by atoms with Crippen LogP contribution in [0.5, 0.6) is 0 Å². The van der Waals surface area contributed by atoms with Crippen LogP contribution in [0.1, 0.15) is 44.9 Å². The van der Waals surface area contributed by atoms with Crippen LogP contribution in [0.3, 0.4) is 0 Å². The van der Waals surface area contributed by atoms with Gasteiger partial charge in [0.05, 0.1) is 0 Å². The fourth-order valence-corrected chi connectivity index (χ4v) is 2.94. The van der Waals surface area contributed by atoms with Gasteiger partial charge in [0.25, 0.3) is 0 Å². The molecule has 0 aromatic heterocycles. The lowest BCUT2D eigenvalue weighted by molar-refractivity contribution is -0.138. The third kappa shape index (κ3) is 6.47. The van der Waals surface area contributed by atoms with Gasteiger partial charge in [0.15, 0.2) is 0 Å². The Hall–Kier alpha value is -1.09. The fourth-order valence-electron chi connectivity index (χ4n) is 2.94. The predicted octanol–water partition coefficient (Wildman–Crippen LogP) is 0.946. The van der Waals surface area contributed by atoms with Crippen LogP contribution in [0.2, 0.25) is 0 Å². The maximum Gasteiger partial charge on any atom is 0.320 e. The van der Waals surface area contributed by atoms with Gasteiger partial charge in [-0.15, -0.1) is 11.8 Å². The number of carboxylic acids is 1. The first-order chi connectivity index (χ1) is 10.1. The van der Waals surface area contributed by atoms with Crippen LogP contribution in [-0.2, 0) is 4.79 Å². The molecule has 2 rings (SSSR count). The second-order valence-electron chi connectivity index (χ2n) is 5.83. The first-order valence-electron chi connectivity index (χ1n) is 7.86.